The van der Waals surface area contributed by atoms with Crippen molar-refractivity contribution in [2.45, 2.75) is 31.8 Å². The minimum absolute atomic E-state index is 0.00694. The van der Waals surface area contributed by atoms with Crippen LogP contribution in [-0.4, -0.2) is 104 Å². The Morgan fingerprint density at radius 3 is 2.58 bits per heavy atom. The topological polar surface area (TPSA) is 143 Å². The van der Waals surface area contributed by atoms with E-state index in [2.05, 4.69) is 15.6 Å². The van der Waals surface area contributed by atoms with Gasteiger partial charge in [0.25, 0.3) is 17.4 Å². The van der Waals surface area contributed by atoms with Crippen molar-refractivity contribution in [2.75, 3.05) is 46.3 Å². The van der Waals surface area contributed by atoms with Crippen molar-refractivity contribution < 1.29 is 19.2 Å². The molecule has 2 fully saturated rings. The van der Waals surface area contributed by atoms with E-state index >= 15 is 0 Å². The molecule has 2 atom stereocenters. The molecule has 13 nitrogen and oxygen atoms in total. The fraction of sp³-hybridized carbons (Fsp3) is 0.452. The van der Waals surface area contributed by atoms with Crippen LogP contribution in [0.25, 0.3) is 0 Å². The van der Waals surface area contributed by atoms with E-state index in [-0.39, 0.29) is 67.2 Å². The van der Waals surface area contributed by atoms with Gasteiger partial charge in [-0.3, -0.25) is 24.0 Å². The Kier molecular flexibility index (Phi) is 8.70. The van der Waals surface area contributed by atoms with E-state index in [9.17, 15) is 24.0 Å². The fourth-order valence-corrected chi connectivity index (χ4v) is 6.64. The van der Waals surface area contributed by atoms with Gasteiger partial charge < -0.3 is 24.6 Å². The van der Waals surface area contributed by atoms with Crippen LogP contribution in [0.3, 0.4) is 0 Å². The van der Waals surface area contributed by atoms with Crippen LogP contribution in [0.15, 0.2) is 53.6 Å². The summed E-state index contributed by atoms with van der Waals surface area (Å²) in [7, 11) is 1.59. The number of hydrogen-bond donors (Lipinski definition) is 1. The molecule has 45 heavy (non-hydrogen) atoms. The van der Waals surface area contributed by atoms with Crippen molar-refractivity contribution in [2.24, 2.45) is 11.8 Å². The summed E-state index contributed by atoms with van der Waals surface area (Å²) in [5.74, 6) is -1.16. The van der Waals surface area contributed by atoms with Crippen LogP contribution in [0, 0.1) is 11.8 Å². The summed E-state index contributed by atoms with van der Waals surface area (Å²) in [6.45, 7) is 2.27. The van der Waals surface area contributed by atoms with Crippen LogP contribution in [0.2, 0.25) is 5.02 Å². The van der Waals surface area contributed by atoms with Gasteiger partial charge in [-0.15, -0.1) is 5.10 Å². The van der Waals surface area contributed by atoms with Crippen LogP contribution < -0.4 is 10.9 Å². The zero-order valence-electron chi connectivity index (χ0n) is 25.0. The number of carbonyl (C=O) groups is 4. The van der Waals surface area contributed by atoms with Crippen molar-refractivity contribution in [1.82, 2.24) is 39.6 Å². The number of rotatable bonds is 2. The van der Waals surface area contributed by atoms with Gasteiger partial charge in [0, 0.05) is 81.4 Å². The highest BCUT2D eigenvalue weighted by Crippen LogP contribution is 2.33. The maximum absolute atomic E-state index is 13.8. The molecule has 0 radical (unpaired) electrons. The average molecular weight is 635 g/mol. The standard InChI is InChI=1S/C31H35ClN8O5/c1-36-13-9-33-27(41)15-22-16-39(28(42)20-7-11-37(12-8-20)29(43)21-4-2-5-23(32)14-21)19-26(22)40-18-24(34-35-40)17-38-10-3-6-25(30(36)44)31(38)45/h2-6,10,14,18,20,22,26H,7-9,11-13,15-17,19H2,1H3,(H,33,41)/t22-,26+/m0/s1. The van der Waals surface area contributed by atoms with Crippen molar-refractivity contribution >= 4 is 35.2 Å². The van der Waals surface area contributed by atoms with E-state index in [0.29, 0.717) is 55.3 Å². The lowest BCUT2D eigenvalue weighted by Crippen LogP contribution is -2.44. The maximum Gasteiger partial charge on any atom is 0.263 e. The minimum atomic E-state index is -0.434. The van der Waals surface area contributed by atoms with E-state index in [1.165, 1.54) is 15.5 Å². The first-order valence-electron chi connectivity index (χ1n) is 15.1. The zero-order valence-corrected chi connectivity index (χ0v) is 25.7. The first-order valence-corrected chi connectivity index (χ1v) is 15.5. The monoisotopic (exact) mass is 634 g/mol. The number of carbonyl (C=O) groups excluding carboxylic acids is 4. The van der Waals surface area contributed by atoms with Gasteiger partial charge in [-0.05, 0) is 43.2 Å². The average Bonchev–Trinajstić information content (AvgIpc) is 3.67. The van der Waals surface area contributed by atoms with Crippen LogP contribution in [0.4, 0.5) is 0 Å². The van der Waals surface area contributed by atoms with E-state index in [1.807, 2.05) is 0 Å². The molecule has 1 N–H and O–H groups in total. The third-order valence-electron chi connectivity index (χ3n) is 8.97. The molecule has 236 valence electrons. The highest BCUT2D eigenvalue weighted by molar-refractivity contribution is 6.30. The minimum Gasteiger partial charge on any atom is -0.354 e. The number of benzene rings is 1. The lowest BCUT2D eigenvalue weighted by Gasteiger charge is -2.33. The molecule has 0 saturated carbocycles. The molecule has 2 saturated heterocycles. The Hall–Kier alpha value is -4.52. The molecular weight excluding hydrogens is 600 g/mol. The number of amides is 4. The second-order valence-electron chi connectivity index (χ2n) is 12.0. The van der Waals surface area contributed by atoms with Gasteiger partial charge in [0.2, 0.25) is 11.8 Å². The highest BCUT2D eigenvalue weighted by Gasteiger charge is 2.41. The van der Waals surface area contributed by atoms with E-state index in [1.54, 1.807) is 64.3 Å². The molecule has 0 unspecified atom stereocenters. The van der Waals surface area contributed by atoms with Gasteiger partial charge in [0.1, 0.15) is 11.3 Å². The smallest absolute Gasteiger partial charge is 0.263 e. The first-order chi connectivity index (χ1) is 21.7. The first kappa shape index (κ1) is 30.5. The summed E-state index contributed by atoms with van der Waals surface area (Å²) in [6, 6.07) is 9.71. The van der Waals surface area contributed by atoms with E-state index in [4.69, 9.17) is 11.6 Å². The Balaban J connectivity index is 1.17. The third kappa shape index (κ3) is 6.48. The Morgan fingerprint density at radius 1 is 1.00 bits per heavy atom. The number of nitrogens with one attached hydrogen (secondary N) is 1. The predicted molar refractivity (Wildman–Crippen MR) is 164 cm³/mol. The quantitative estimate of drug-likeness (QED) is 0.448. The van der Waals surface area contributed by atoms with Crippen molar-refractivity contribution in [3.05, 3.63) is 81.0 Å². The Labute approximate surface area is 264 Å². The van der Waals surface area contributed by atoms with Crippen molar-refractivity contribution in [1.29, 1.82) is 0 Å². The number of piperidine rings is 1. The Morgan fingerprint density at radius 2 is 1.80 bits per heavy atom. The molecular formula is C31H35ClN8O5. The largest absolute Gasteiger partial charge is 0.354 e. The normalized spacial score (nSPS) is 21.4. The summed E-state index contributed by atoms with van der Waals surface area (Å²) in [5.41, 5.74) is 0.652. The predicted octanol–water partition coefficient (Wildman–Crippen LogP) is 1.29. The van der Waals surface area contributed by atoms with Gasteiger partial charge in [-0.25, -0.2) is 4.68 Å². The zero-order chi connectivity index (χ0) is 31.7. The number of pyridine rings is 1. The molecule has 6 rings (SSSR count). The number of hydrogen-bond acceptors (Lipinski definition) is 7. The van der Waals surface area contributed by atoms with E-state index < -0.39 is 11.5 Å². The molecule has 3 aliphatic rings. The number of nitrogens with zero attached hydrogens (tertiary/aromatic N) is 7. The van der Waals surface area contributed by atoms with Gasteiger partial charge in [-0.1, -0.05) is 22.9 Å². The SMILES string of the molecule is CN1CCNC(=O)C[C@H]2CN(C(=O)C3CCN(C(=O)c4cccc(Cl)c4)CC3)C[C@H]2n2cc(nn2)Cn2cccc(c2=O)C1=O. The lowest BCUT2D eigenvalue weighted by atomic mass is 9.94. The molecule has 4 bridgehead atoms. The molecule has 3 aliphatic heterocycles. The fourth-order valence-electron chi connectivity index (χ4n) is 6.45. The van der Waals surface area contributed by atoms with E-state index in [0.717, 1.165) is 0 Å². The highest BCUT2D eigenvalue weighted by atomic mass is 35.5. The van der Waals surface area contributed by atoms with Gasteiger partial charge in [0.05, 0.1) is 18.8 Å². The van der Waals surface area contributed by atoms with Crippen LogP contribution in [0.1, 0.15) is 51.7 Å². The summed E-state index contributed by atoms with van der Waals surface area (Å²) in [6.07, 6.45) is 4.61. The number of halogens is 1. The molecule has 2 aromatic heterocycles. The molecule has 0 spiro atoms. The number of likely N-dealkylation sites (N-methyl/N-ethyl adjacent to an activating group) is 1. The van der Waals surface area contributed by atoms with Gasteiger partial charge in [-0.2, -0.15) is 0 Å². The number of likely N-dealkylation sites (tertiary alicyclic amines) is 2. The van der Waals surface area contributed by atoms with Crippen molar-refractivity contribution in [3.63, 3.8) is 0 Å². The molecule has 1 aromatic carbocycles. The van der Waals surface area contributed by atoms with Crippen molar-refractivity contribution in [3.8, 4) is 0 Å². The van der Waals surface area contributed by atoms with Gasteiger partial charge >= 0.3 is 0 Å². The second-order valence-corrected chi connectivity index (χ2v) is 12.4. The van der Waals surface area contributed by atoms with Crippen LogP contribution in [-0.2, 0) is 16.1 Å². The molecule has 4 amide bonds. The van der Waals surface area contributed by atoms with Gasteiger partial charge in [0.15, 0.2) is 0 Å². The summed E-state index contributed by atoms with van der Waals surface area (Å²) in [5, 5.41) is 12.0. The Bertz CT molecular complexity index is 1680. The van der Waals surface area contributed by atoms with Crippen LogP contribution in [0.5, 0.6) is 0 Å². The summed E-state index contributed by atoms with van der Waals surface area (Å²) < 4.78 is 3.11. The summed E-state index contributed by atoms with van der Waals surface area (Å²) in [4.78, 5) is 70.8. The number of aromatic nitrogens is 4. The lowest BCUT2D eigenvalue weighted by molar-refractivity contribution is -0.136. The molecule has 3 aromatic rings. The third-order valence-corrected chi connectivity index (χ3v) is 9.20. The second kappa shape index (κ2) is 12.8. The molecule has 14 heteroatoms. The molecule has 5 heterocycles. The maximum atomic E-state index is 13.8. The molecule has 0 aliphatic carbocycles. The van der Waals surface area contributed by atoms with Crippen LogP contribution >= 0.6 is 11.6 Å². The summed E-state index contributed by atoms with van der Waals surface area (Å²) >= 11 is 6.07. The number of fused-ring (bicyclic) bond motifs is 6.